The van der Waals surface area contributed by atoms with Gasteiger partial charge in [-0.2, -0.15) is 0 Å². The van der Waals surface area contributed by atoms with Crippen LogP contribution in [0.4, 0.5) is 0 Å². The molecule has 0 atom stereocenters. The molecule has 7 heteroatoms. The SMILES string of the molecule is O=c1ccc2ccc(OCc3cc(=O)n4ccsc4n3)cc2o1. The minimum Gasteiger partial charge on any atom is -0.487 e. The van der Waals surface area contributed by atoms with Crippen LogP contribution < -0.4 is 15.9 Å². The molecule has 114 valence electrons. The molecule has 0 fully saturated rings. The lowest BCUT2D eigenvalue weighted by atomic mass is 10.2. The van der Waals surface area contributed by atoms with Gasteiger partial charge in [0.25, 0.3) is 5.56 Å². The van der Waals surface area contributed by atoms with Gasteiger partial charge in [-0.15, -0.1) is 11.3 Å². The fraction of sp³-hybridized carbons (Fsp3) is 0.0625. The van der Waals surface area contributed by atoms with Gasteiger partial charge in [-0.1, -0.05) is 0 Å². The first kappa shape index (κ1) is 13.7. The summed E-state index contributed by atoms with van der Waals surface area (Å²) in [6, 6.07) is 9.74. The maximum Gasteiger partial charge on any atom is 0.336 e. The van der Waals surface area contributed by atoms with Gasteiger partial charge in [-0.25, -0.2) is 9.78 Å². The van der Waals surface area contributed by atoms with Gasteiger partial charge in [0.2, 0.25) is 0 Å². The zero-order valence-electron chi connectivity index (χ0n) is 11.8. The predicted molar refractivity (Wildman–Crippen MR) is 86.2 cm³/mol. The lowest BCUT2D eigenvalue weighted by molar-refractivity contribution is 0.301. The van der Waals surface area contributed by atoms with E-state index in [0.717, 1.165) is 5.39 Å². The number of benzene rings is 1. The summed E-state index contributed by atoms with van der Waals surface area (Å²) >= 11 is 1.39. The number of nitrogens with zero attached hydrogens (tertiary/aromatic N) is 2. The Bertz CT molecular complexity index is 1130. The highest BCUT2D eigenvalue weighted by Crippen LogP contribution is 2.20. The van der Waals surface area contributed by atoms with Crippen LogP contribution in [0.5, 0.6) is 5.75 Å². The van der Waals surface area contributed by atoms with Crippen molar-refractivity contribution in [2.24, 2.45) is 0 Å². The Hall–Kier alpha value is -2.93. The Morgan fingerprint density at radius 3 is 2.96 bits per heavy atom. The van der Waals surface area contributed by atoms with E-state index in [2.05, 4.69) is 4.98 Å². The highest BCUT2D eigenvalue weighted by Gasteiger charge is 2.05. The minimum atomic E-state index is -0.410. The molecule has 0 radical (unpaired) electrons. The summed E-state index contributed by atoms with van der Waals surface area (Å²) in [5.41, 5.74) is 0.454. The van der Waals surface area contributed by atoms with E-state index in [0.29, 0.717) is 22.0 Å². The second-order valence-corrected chi connectivity index (χ2v) is 5.76. The van der Waals surface area contributed by atoms with Crippen molar-refractivity contribution in [3.63, 3.8) is 0 Å². The van der Waals surface area contributed by atoms with Crippen molar-refractivity contribution in [3.05, 3.63) is 74.4 Å². The standard InChI is InChI=1S/C16H10N2O4S/c19-14-7-11(17-16-18(14)5-6-23-16)9-21-12-3-1-10-2-4-15(20)22-13(10)8-12/h1-8H,9H2. The van der Waals surface area contributed by atoms with Crippen molar-refractivity contribution in [1.82, 2.24) is 9.38 Å². The van der Waals surface area contributed by atoms with E-state index in [1.54, 1.807) is 35.8 Å². The molecular formula is C16H10N2O4S. The van der Waals surface area contributed by atoms with Gasteiger partial charge in [-0.3, -0.25) is 9.20 Å². The van der Waals surface area contributed by atoms with E-state index in [-0.39, 0.29) is 12.2 Å². The average molecular weight is 326 g/mol. The molecule has 4 rings (SSSR count). The number of hydrogen-bond donors (Lipinski definition) is 0. The van der Waals surface area contributed by atoms with Crippen LogP contribution in [0.15, 0.2) is 62.0 Å². The molecule has 0 amide bonds. The monoisotopic (exact) mass is 326 g/mol. The molecule has 0 spiro atoms. The molecule has 0 saturated carbocycles. The summed E-state index contributed by atoms with van der Waals surface area (Å²) in [5.74, 6) is 0.542. The van der Waals surface area contributed by atoms with Gasteiger partial charge < -0.3 is 9.15 Å². The van der Waals surface area contributed by atoms with E-state index < -0.39 is 5.63 Å². The molecule has 23 heavy (non-hydrogen) atoms. The van der Waals surface area contributed by atoms with Crippen LogP contribution in [-0.2, 0) is 6.61 Å². The van der Waals surface area contributed by atoms with E-state index in [1.165, 1.54) is 27.9 Å². The first-order valence-corrected chi connectivity index (χ1v) is 7.69. The highest BCUT2D eigenvalue weighted by atomic mass is 32.1. The third-order valence-electron chi connectivity index (χ3n) is 3.34. The van der Waals surface area contributed by atoms with Crippen molar-refractivity contribution in [1.29, 1.82) is 0 Å². The third kappa shape index (κ3) is 2.62. The maximum absolute atomic E-state index is 11.9. The molecular weight excluding hydrogens is 316 g/mol. The Morgan fingerprint density at radius 1 is 1.17 bits per heavy atom. The fourth-order valence-corrected chi connectivity index (χ4v) is 2.99. The first-order chi connectivity index (χ1) is 11.2. The van der Waals surface area contributed by atoms with E-state index in [9.17, 15) is 9.59 Å². The van der Waals surface area contributed by atoms with Gasteiger partial charge in [0, 0.05) is 35.2 Å². The molecule has 0 aliphatic carbocycles. The molecule has 0 N–H and O–H groups in total. The summed E-state index contributed by atoms with van der Waals surface area (Å²) < 4.78 is 12.3. The van der Waals surface area contributed by atoms with Crippen LogP contribution in [0.3, 0.4) is 0 Å². The summed E-state index contributed by atoms with van der Waals surface area (Å²) in [6.45, 7) is 0.159. The molecule has 0 unspecified atom stereocenters. The summed E-state index contributed by atoms with van der Waals surface area (Å²) in [7, 11) is 0. The quantitative estimate of drug-likeness (QED) is 0.541. The van der Waals surface area contributed by atoms with Crippen LogP contribution in [0.25, 0.3) is 15.9 Å². The third-order valence-corrected chi connectivity index (χ3v) is 4.09. The van der Waals surface area contributed by atoms with E-state index >= 15 is 0 Å². The molecule has 0 aliphatic heterocycles. The molecule has 3 heterocycles. The lowest BCUT2D eigenvalue weighted by Crippen LogP contribution is -2.14. The summed E-state index contributed by atoms with van der Waals surface area (Å²) in [6.07, 6.45) is 1.69. The summed E-state index contributed by atoms with van der Waals surface area (Å²) in [4.78, 5) is 28.2. The van der Waals surface area contributed by atoms with Crippen LogP contribution >= 0.6 is 11.3 Å². The minimum absolute atomic E-state index is 0.139. The van der Waals surface area contributed by atoms with Crippen LogP contribution in [0.1, 0.15) is 5.69 Å². The maximum atomic E-state index is 11.9. The van der Waals surface area contributed by atoms with Crippen LogP contribution in [0, 0.1) is 0 Å². The molecule has 0 saturated heterocycles. The summed E-state index contributed by atoms with van der Waals surface area (Å²) in [5, 5.41) is 2.62. The molecule has 6 nitrogen and oxygen atoms in total. The average Bonchev–Trinajstić information content (AvgIpc) is 3.01. The van der Waals surface area contributed by atoms with Crippen molar-refractivity contribution in [2.75, 3.05) is 0 Å². The number of thiazole rings is 1. The Balaban J connectivity index is 1.62. The van der Waals surface area contributed by atoms with E-state index in [1.807, 2.05) is 0 Å². The van der Waals surface area contributed by atoms with Crippen LogP contribution in [0.2, 0.25) is 0 Å². The predicted octanol–water partition coefficient (Wildman–Crippen LogP) is 2.44. The second-order valence-electron chi connectivity index (χ2n) is 4.88. The van der Waals surface area contributed by atoms with Crippen LogP contribution in [-0.4, -0.2) is 9.38 Å². The number of fused-ring (bicyclic) bond motifs is 2. The van der Waals surface area contributed by atoms with Crippen molar-refractivity contribution in [3.8, 4) is 5.75 Å². The number of hydrogen-bond acceptors (Lipinski definition) is 6. The molecule has 0 bridgehead atoms. The smallest absolute Gasteiger partial charge is 0.336 e. The van der Waals surface area contributed by atoms with E-state index in [4.69, 9.17) is 9.15 Å². The number of ether oxygens (including phenoxy) is 1. The molecule has 3 aromatic heterocycles. The topological polar surface area (TPSA) is 73.8 Å². The Labute approximate surface area is 133 Å². The zero-order chi connectivity index (χ0) is 15.8. The van der Waals surface area contributed by atoms with Gasteiger partial charge >= 0.3 is 5.63 Å². The van der Waals surface area contributed by atoms with Gasteiger partial charge in [0.1, 0.15) is 17.9 Å². The first-order valence-electron chi connectivity index (χ1n) is 6.81. The van der Waals surface area contributed by atoms with Gasteiger partial charge in [0.15, 0.2) is 4.96 Å². The second kappa shape index (κ2) is 5.36. The highest BCUT2D eigenvalue weighted by molar-refractivity contribution is 7.15. The zero-order valence-corrected chi connectivity index (χ0v) is 12.6. The van der Waals surface area contributed by atoms with Crippen molar-refractivity contribution < 1.29 is 9.15 Å². The van der Waals surface area contributed by atoms with Gasteiger partial charge in [-0.05, 0) is 18.2 Å². The fourth-order valence-electron chi connectivity index (χ4n) is 2.25. The largest absolute Gasteiger partial charge is 0.487 e. The number of rotatable bonds is 3. The normalized spacial score (nSPS) is 11.1. The Kier molecular flexibility index (Phi) is 3.20. The van der Waals surface area contributed by atoms with Gasteiger partial charge in [0.05, 0.1) is 5.69 Å². The molecule has 0 aliphatic rings. The van der Waals surface area contributed by atoms with Crippen molar-refractivity contribution in [2.45, 2.75) is 6.61 Å². The van der Waals surface area contributed by atoms with Crippen molar-refractivity contribution >= 4 is 27.3 Å². The molecule has 4 aromatic rings. The molecule has 1 aromatic carbocycles. The number of aromatic nitrogens is 2. The Morgan fingerprint density at radius 2 is 2.04 bits per heavy atom. The lowest BCUT2D eigenvalue weighted by Gasteiger charge is -2.06.